The molecule has 1 atom stereocenters. The lowest BCUT2D eigenvalue weighted by Crippen LogP contribution is -2.45. The van der Waals surface area contributed by atoms with Crippen molar-refractivity contribution in [2.45, 2.75) is 25.3 Å². The van der Waals surface area contributed by atoms with E-state index in [9.17, 15) is 9.59 Å². The molecule has 1 rings (SSSR count). The van der Waals surface area contributed by atoms with Gasteiger partial charge in [0, 0.05) is 13.0 Å². The van der Waals surface area contributed by atoms with E-state index in [1.807, 2.05) is 6.26 Å². The van der Waals surface area contributed by atoms with Crippen LogP contribution in [0, 0.1) is 0 Å². The van der Waals surface area contributed by atoms with E-state index in [0.29, 0.717) is 19.4 Å². The zero-order valence-electron chi connectivity index (χ0n) is 8.36. The van der Waals surface area contributed by atoms with Gasteiger partial charge in [-0.05, 0) is 24.9 Å². The molecule has 4 nitrogen and oxygen atoms in total. The molecule has 0 spiro atoms. The molecule has 80 valence electrons. The zero-order chi connectivity index (χ0) is 10.6. The Balaban J connectivity index is 2.57. The van der Waals surface area contributed by atoms with E-state index in [4.69, 9.17) is 5.73 Å². The molecule has 0 saturated carbocycles. The van der Waals surface area contributed by atoms with Crippen molar-refractivity contribution in [1.29, 1.82) is 0 Å². The fraction of sp³-hybridized carbons (Fsp3) is 0.778. The van der Waals surface area contributed by atoms with Crippen LogP contribution in [0.2, 0.25) is 0 Å². The first-order chi connectivity index (χ1) is 6.66. The number of rotatable bonds is 5. The fourth-order valence-electron chi connectivity index (χ4n) is 1.68. The monoisotopic (exact) mass is 216 g/mol. The van der Waals surface area contributed by atoms with Gasteiger partial charge in [-0.15, -0.1) is 0 Å². The minimum Gasteiger partial charge on any atom is -0.368 e. The number of nitrogens with zero attached hydrogens (tertiary/aromatic N) is 1. The molecule has 0 aliphatic carbocycles. The predicted molar refractivity (Wildman–Crippen MR) is 56.9 cm³/mol. The van der Waals surface area contributed by atoms with Gasteiger partial charge in [0.15, 0.2) is 0 Å². The molecule has 2 N–H and O–H groups in total. The zero-order valence-corrected chi connectivity index (χ0v) is 9.18. The van der Waals surface area contributed by atoms with E-state index >= 15 is 0 Å². The van der Waals surface area contributed by atoms with Gasteiger partial charge in [0.1, 0.15) is 6.04 Å². The van der Waals surface area contributed by atoms with Crippen LogP contribution >= 0.6 is 11.8 Å². The van der Waals surface area contributed by atoms with Gasteiger partial charge in [-0.2, -0.15) is 11.8 Å². The fourth-order valence-corrected chi connectivity index (χ4v) is 2.14. The molecule has 5 heteroatoms. The smallest absolute Gasteiger partial charge is 0.240 e. The summed E-state index contributed by atoms with van der Waals surface area (Å²) in [6.45, 7) is 0.681. The number of amides is 2. The maximum Gasteiger partial charge on any atom is 0.240 e. The van der Waals surface area contributed by atoms with Crippen LogP contribution in [-0.4, -0.2) is 41.3 Å². The molecule has 0 radical (unpaired) electrons. The Bertz CT molecular complexity index is 233. The van der Waals surface area contributed by atoms with E-state index < -0.39 is 6.04 Å². The minimum absolute atomic E-state index is 0.0647. The van der Waals surface area contributed by atoms with Crippen LogP contribution < -0.4 is 5.73 Å². The molecule has 0 aromatic carbocycles. The molecule has 1 unspecified atom stereocenters. The molecule has 1 saturated heterocycles. The number of hydrogen-bond donors (Lipinski definition) is 1. The SMILES string of the molecule is CSCCC(C(N)=O)N1CCCC1=O. The molecule has 0 bridgehead atoms. The van der Waals surface area contributed by atoms with E-state index in [1.165, 1.54) is 0 Å². The third-order valence-electron chi connectivity index (χ3n) is 2.41. The number of nitrogens with two attached hydrogens (primary N) is 1. The van der Waals surface area contributed by atoms with Crippen molar-refractivity contribution in [1.82, 2.24) is 4.90 Å². The van der Waals surface area contributed by atoms with Crippen LogP contribution in [0.1, 0.15) is 19.3 Å². The summed E-state index contributed by atoms with van der Waals surface area (Å²) in [4.78, 5) is 24.2. The molecule has 1 aliphatic rings. The van der Waals surface area contributed by atoms with Crippen LogP contribution in [0.25, 0.3) is 0 Å². The second-order valence-corrected chi connectivity index (χ2v) is 4.38. The van der Waals surface area contributed by atoms with Crippen molar-refractivity contribution in [3.05, 3.63) is 0 Å². The molecule has 0 aromatic rings. The number of hydrogen-bond acceptors (Lipinski definition) is 3. The average Bonchev–Trinajstić information content (AvgIpc) is 2.52. The minimum atomic E-state index is -0.391. The highest BCUT2D eigenvalue weighted by atomic mass is 32.2. The standard InChI is InChI=1S/C9H16N2O2S/c1-14-6-4-7(9(10)13)11-5-2-3-8(11)12/h7H,2-6H2,1H3,(H2,10,13). The third-order valence-corrected chi connectivity index (χ3v) is 3.05. The van der Waals surface area contributed by atoms with Crippen molar-refractivity contribution < 1.29 is 9.59 Å². The normalized spacial score (nSPS) is 18.6. The summed E-state index contributed by atoms with van der Waals surface area (Å²) in [6.07, 6.45) is 4.05. The van der Waals surface area contributed by atoms with Crippen molar-refractivity contribution in [2.75, 3.05) is 18.6 Å². The highest BCUT2D eigenvalue weighted by Gasteiger charge is 2.30. The second kappa shape index (κ2) is 5.24. The summed E-state index contributed by atoms with van der Waals surface area (Å²) in [6, 6.07) is -0.391. The first-order valence-corrected chi connectivity index (χ1v) is 6.14. The Morgan fingerprint density at radius 3 is 2.86 bits per heavy atom. The first-order valence-electron chi connectivity index (χ1n) is 4.74. The predicted octanol–water partition coefficient (Wildman–Crippen LogP) is 0.216. The van der Waals surface area contributed by atoms with Gasteiger partial charge in [0.05, 0.1) is 0 Å². The Kier molecular flexibility index (Phi) is 4.25. The molecular formula is C9H16N2O2S. The Hall–Kier alpha value is -0.710. The highest BCUT2D eigenvalue weighted by molar-refractivity contribution is 7.98. The number of thioether (sulfide) groups is 1. The summed E-state index contributed by atoms with van der Waals surface area (Å²) in [7, 11) is 0. The van der Waals surface area contributed by atoms with E-state index in [-0.39, 0.29) is 11.8 Å². The lowest BCUT2D eigenvalue weighted by atomic mass is 10.2. The summed E-state index contributed by atoms with van der Waals surface area (Å²) in [5.41, 5.74) is 5.28. The van der Waals surface area contributed by atoms with E-state index in [0.717, 1.165) is 12.2 Å². The maximum atomic E-state index is 11.4. The average molecular weight is 216 g/mol. The molecule has 14 heavy (non-hydrogen) atoms. The van der Waals surface area contributed by atoms with Gasteiger partial charge in [-0.25, -0.2) is 0 Å². The van der Waals surface area contributed by atoms with Gasteiger partial charge in [-0.3, -0.25) is 9.59 Å². The van der Waals surface area contributed by atoms with Crippen LogP contribution in [0.15, 0.2) is 0 Å². The Labute approximate surface area is 88.2 Å². The molecule has 1 aliphatic heterocycles. The lowest BCUT2D eigenvalue weighted by molar-refractivity contribution is -0.136. The maximum absolute atomic E-state index is 11.4. The van der Waals surface area contributed by atoms with Crippen LogP contribution in [0.4, 0.5) is 0 Å². The van der Waals surface area contributed by atoms with E-state index in [2.05, 4.69) is 0 Å². The first kappa shape index (κ1) is 11.4. The quantitative estimate of drug-likeness (QED) is 0.715. The summed E-state index contributed by atoms with van der Waals surface area (Å²) < 4.78 is 0. The molecule has 1 fully saturated rings. The van der Waals surface area contributed by atoms with Gasteiger partial charge >= 0.3 is 0 Å². The summed E-state index contributed by atoms with van der Waals surface area (Å²) in [5, 5.41) is 0. The van der Waals surface area contributed by atoms with E-state index in [1.54, 1.807) is 16.7 Å². The lowest BCUT2D eigenvalue weighted by Gasteiger charge is -2.24. The van der Waals surface area contributed by atoms with Crippen molar-refractivity contribution >= 4 is 23.6 Å². The number of carbonyl (C=O) groups excluding carboxylic acids is 2. The Morgan fingerprint density at radius 2 is 2.43 bits per heavy atom. The molecule has 1 heterocycles. The van der Waals surface area contributed by atoms with Crippen LogP contribution in [0.5, 0.6) is 0 Å². The summed E-state index contributed by atoms with van der Waals surface area (Å²) in [5.74, 6) is 0.543. The number of likely N-dealkylation sites (tertiary alicyclic amines) is 1. The second-order valence-electron chi connectivity index (χ2n) is 3.39. The number of primary amides is 1. The molecule has 0 aromatic heterocycles. The van der Waals surface area contributed by atoms with Crippen molar-refractivity contribution in [2.24, 2.45) is 5.73 Å². The summed E-state index contributed by atoms with van der Waals surface area (Å²) >= 11 is 1.66. The van der Waals surface area contributed by atoms with Gasteiger partial charge < -0.3 is 10.6 Å². The largest absolute Gasteiger partial charge is 0.368 e. The topological polar surface area (TPSA) is 63.4 Å². The molecule has 2 amide bonds. The van der Waals surface area contributed by atoms with Gasteiger partial charge in [0.2, 0.25) is 11.8 Å². The van der Waals surface area contributed by atoms with Crippen LogP contribution in [0.3, 0.4) is 0 Å². The van der Waals surface area contributed by atoms with Gasteiger partial charge in [-0.1, -0.05) is 0 Å². The molecular weight excluding hydrogens is 200 g/mol. The number of carbonyl (C=O) groups is 2. The van der Waals surface area contributed by atoms with Gasteiger partial charge in [0.25, 0.3) is 0 Å². The van der Waals surface area contributed by atoms with Crippen molar-refractivity contribution in [3.8, 4) is 0 Å². The van der Waals surface area contributed by atoms with Crippen molar-refractivity contribution in [3.63, 3.8) is 0 Å². The van der Waals surface area contributed by atoms with Crippen LogP contribution in [-0.2, 0) is 9.59 Å². The Morgan fingerprint density at radius 1 is 1.71 bits per heavy atom. The third kappa shape index (κ3) is 2.64. The highest BCUT2D eigenvalue weighted by Crippen LogP contribution is 2.16.